The summed E-state index contributed by atoms with van der Waals surface area (Å²) < 4.78 is 7.83. The monoisotopic (exact) mass is 245 g/mol. The average molecular weight is 245 g/mol. The fraction of sp³-hybridized carbons (Fsp3) is 0.429. The molecule has 96 valence electrons. The highest BCUT2D eigenvalue weighted by Crippen LogP contribution is 2.16. The molecule has 4 heteroatoms. The van der Waals surface area contributed by atoms with Gasteiger partial charge in [-0.15, -0.1) is 0 Å². The van der Waals surface area contributed by atoms with E-state index in [0.717, 1.165) is 17.9 Å². The van der Waals surface area contributed by atoms with E-state index in [1.54, 1.807) is 12.4 Å². The Kier molecular flexibility index (Phi) is 3.77. The molecule has 0 fully saturated rings. The van der Waals surface area contributed by atoms with Gasteiger partial charge in [-0.2, -0.15) is 0 Å². The molecule has 2 aromatic heterocycles. The number of nitrogens with zero attached hydrogens (tertiary/aromatic N) is 3. The lowest BCUT2D eigenvalue weighted by Crippen LogP contribution is -2.21. The maximum absolute atomic E-state index is 5.73. The topological polar surface area (TPSA) is 39.9 Å². The lowest BCUT2D eigenvalue weighted by Gasteiger charge is -2.20. The molecule has 0 aliphatic heterocycles. The molecule has 0 aromatic carbocycles. The van der Waals surface area contributed by atoms with Gasteiger partial charge in [0.15, 0.2) is 0 Å². The Balaban J connectivity index is 2.05. The summed E-state index contributed by atoms with van der Waals surface area (Å²) in [6.45, 7) is 7.66. The molecule has 0 amide bonds. The highest BCUT2D eigenvalue weighted by Gasteiger charge is 2.10. The van der Waals surface area contributed by atoms with Crippen molar-refractivity contribution in [2.24, 2.45) is 0 Å². The molecule has 2 rings (SSSR count). The normalized spacial score (nSPS) is 11.7. The summed E-state index contributed by atoms with van der Waals surface area (Å²) in [4.78, 5) is 8.40. The highest BCUT2D eigenvalue weighted by molar-refractivity contribution is 5.54. The van der Waals surface area contributed by atoms with Gasteiger partial charge in [-0.1, -0.05) is 0 Å². The van der Waals surface area contributed by atoms with Crippen molar-refractivity contribution in [2.75, 3.05) is 6.61 Å². The first-order valence-electron chi connectivity index (χ1n) is 6.12. The van der Waals surface area contributed by atoms with Crippen LogP contribution >= 0.6 is 0 Å². The fourth-order valence-electron chi connectivity index (χ4n) is 1.70. The first-order chi connectivity index (χ1) is 8.56. The lowest BCUT2D eigenvalue weighted by atomic mass is 10.2. The SMILES string of the molecule is CC(C)(C)OCCn1ccnc1-c1ccncc1. The standard InChI is InChI=1S/C14H19N3O/c1-14(2,3)18-11-10-17-9-8-16-13(17)12-4-6-15-7-5-12/h4-9H,10-11H2,1-3H3. The van der Waals surface area contributed by atoms with Crippen LogP contribution in [0.2, 0.25) is 0 Å². The van der Waals surface area contributed by atoms with Gasteiger partial charge in [0, 0.05) is 36.9 Å². The van der Waals surface area contributed by atoms with Crippen LogP contribution in [0.15, 0.2) is 36.9 Å². The van der Waals surface area contributed by atoms with Crippen LogP contribution in [0.4, 0.5) is 0 Å². The van der Waals surface area contributed by atoms with Crippen molar-refractivity contribution in [3.63, 3.8) is 0 Å². The third-order valence-electron chi connectivity index (χ3n) is 2.52. The van der Waals surface area contributed by atoms with Crippen LogP contribution in [0.5, 0.6) is 0 Å². The molecule has 0 aliphatic carbocycles. The summed E-state index contributed by atoms with van der Waals surface area (Å²) >= 11 is 0. The van der Waals surface area contributed by atoms with Crippen LogP contribution in [0.1, 0.15) is 20.8 Å². The van der Waals surface area contributed by atoms with Crippen molar-refractivity contribution in [3.05, 3.63) is 36.9 Å². The Labute approximate surface area is 108 Å². The van der Waals surface area contributed by atoms with Crippen molar-refractivity contribution in [2.45, 2.75) is 32.9 Å². The number of pyridine rings is 1. The van der Waals surface area contributed by atoms with E-state index in [2.05, 4.69) is 35.3 Å². The minimum absolute atomic E-state index is 0.0998. The van der Waals surface area contributed by atoms with Gasteiger partial charge in [0.05, 0.1) is 12.2 Å². The number of rotatable bonds is 4. The van der Waals surface area contributed by atoms with Gasteiger partial charge >= 0.3 is 0 Å². The van der Waals surface area contributed by atoms with E-state index in [-0.39, 0.29) is 5.60 Å². The minimum Gasteiger partial charge on any atom is -0.374 e. The van der Waals surface area contributed by atoms with E-state index in [1.165, 1.54) is 0 Å². The van der Waals surface area contributed by atoms with Crippen LogP contribution in [-0.2, 0) is 11.3 Å². The summed E-state index contributed by atoms with van der Waals surface area (Å²) in [6, 6.07) is 3.92. The molecule has 0 radical (unpaired) electrons. The Morgan fingerprint density at radius 2 is 1.89 bits per heavy atom. The molecule has 0 saturated carbocycles. The number of aromatic nitrogens is 3. The Bertz CT molecular complexity index is 485. The predicted octanol–water partition coefficient (Wildman–Crippen LogP) is 2.76. The van der Waals surface area contributed by atoms with E-state index in [0.29, 0.717) is 6.61 Å². The van der Waals surface area contributed by atoms with Crippen LogP contribution < -0.4 is 0 Å². The minimum atomic E-state index is -0.0998. The molecule has 18 heavy (non-hydrogen) atoms. The molecule has 0 atom stereocenters. The summed E-state index contributed by atoms with van der Waals surface area (Å²) in [5.41, 5.74) is 0.975. The van der Waals surface area contributed by atoms with E-state index >= 15 is 0 Å². The van der Waals surface area contributed by atoms with Crippen molar-refractivity contribution >= 4 is 0 Å². The zero-order valence-electron chi connectivity index (χ0n) is 11.1. The largest absolute Gasteiger partial charge is 0.374 e. The summed E-state index contributed by atoms with van der Waals surface area (Å²) in [7, 11) is 0. The van der Waals surface area contributed by atoms with Gasteiger partial charge in [0.1, 0.15) is 5.82 Å². The summed E-state index contributed by atoms with van der Waals surface area (Å²) in [6.07, 6.45) is 7.34. The smallest absolute Gasteiger partial charge is 0.140 e. The Hall–Kier alpha value is -1.68. The Morgan fingerprint density at radius 3 is 2.56 bits per heavy atom. The molecular formula is C14H19N3O. The van der Waals surface area contributed by atoms with E-state index in [1.807, 2.05) is 24.5 Å². The highest BCUT2D eigenvalue weighted by atomic mass is 16.5. The fourth-order valence-corrected chi connectivity index (χ4v) is 1.70. The molecule has 0 saturated heterocycles. The second-order valence-electron chi connectivity index (χ2n) is 5.14. The first-order valence-corrected chi connectivity index (χ1v) is 6.12. The molecular weight excluding hydrogens is 226 g/mol. The molecule has 0 unspecified atom stereocenters. The van der Waals surface area contributed by atoms with Crippen molar-refractivity contribution in [3.8, 4) is 11.4 Å². The maximum atomic E-state index is 5.73. The number of hydrogen-bond acceptors (Lipinski definition) is 3. The van der Waals surface area contributed by atoms with Crippen LogP contribution in [0.25, 0.3) is 11.4 Å². The second-order valence-corrected chi connectivity index (χ2v) is 5.14. The number of ether oxygens (including phenoxy) is 1. The van der Waals surface area contributed by atoms with Gasteiger partial charge in [-0.05, 0) is 32.9 Å². The van der Waals surface area contributed by atoms with Gasteiger partial charge < -0.3 is 9.30 Å². The molecule has 0 N–H and O–H groups in total. The van der Waals surface area contributed by atoms with Crippen molar-refractivity contribution < 1.29 is 4.74 Å². The van der Waals surface area contributed by atoms with Crippen LogP contribution in [0.3, 0.4) is 0 Å². The maximum Gasteiger partial charge on any atom is 0.140 e. The first kappa shape index (κ1) is 12.8. The summed E-state index contributed by atoms with van der Waals surface area (Å²) in [5, 5.41) is 0. The molecule has 0 aliphatic rings. The molecule has 0 bridgehead atoms. The zero-order valence-corrected chi connectivity index (χ0v) is 11.1. The number of imidazole rings is 1. The van der Waals surface area contributed by atoms with E-state index < -0.39 is 0 Å². The van der Waals surface area contributed by atoms with E-state index in [9.17, 15) is 0 Å². The second kappa shape index (κ2) is 5.31. The van der Waals surface area contributed by atoms with Crippen molar-refractivity contribution in [1.82, 2.24) is 14.5 Å². The van der Waals surface area contributed by atoms with Crippen LogP contribution in [0, 0.1) is 0 Å². The average Bonchev–Trinajstić information content (AvgIpc) is 2.77. The van der Waals surface area contributed by atoms with Gasteiger partial charge in [0.2, 0.25) is 0 Å². The van der Waals surface area contributed by atoms with Gasteiger partial charge in [0.25, 0.3) is 0 Å². The molecule has 2 heterocycles. The van der Waals surface area contributed by atoms with Gasteiger partial charge in [-0.3, -0.25) is 4.98 Å². The lowest BCUT2D eigenvalue weighted by molar-refractivity contribution is -0.00669. The third kappa shape index (κ3) is 3.40. The molecule has 0 spiro atoms. The Morgan fingerprint density at radius 1 is 1.17 bits per heavy atom. The zero-order chi connectivity index (χ0) is 13.0. The third-order valence-corrected chi connectivity index (χ3v) is 2.52. The van der Waals surface area contributed by atoms with E-state index in [4.69, 9.17) is 4.74 Å². The van der Waals surface area contributed by atoms with Gasteiger partial charge in [-0.25, -0.2) is 4.98 Å². The quantitative estimate of drug-likeness (QED) is 0.831. The molecule has 4 nitrogen and oxygen atoms in total. The summed E-state index contributed by atoms with van der Waals surface area (Å²) in [5.74, 6) is 0.954. The number of hydrogen-bond donors (Lipinski definition) is 0. The van der Waals surface area contributed by atoms with Crippen LogP contribution in [-0.4, -0.2) is 26.7 Å². The van der Waals surface area contributed by atoms with Crippen molar-refractivity contribution in [1.29, 1.82) is 0 Å². The predicted molar refractivity (Wildman–Crippen MR) is 71.2 cm³/mol. The molecule has 2 aromatic rings.